The van der Waals surface area contributed by atoms with Gasteiger partial charge in [0.05, 0.1) is 5.25 Å². The van der Waals surface area contributed by atoms with Crippen LogP contribution in [0.5, 0.6) is 0 Å². The summed E-state index contributed by atoms with van der Waals surface area (Å²) in [6.45, 7) is 3.60. The first-order valence-corrected chi connectivity index (χ1v) is 10.00. The fraction of sp³-hybridized carbons (Fsp3) is 0.938. The zero-order valence-corrected chi connectivity index (χ0v) is 15.0. The topological polar surface area (TPSA) is 52.7 Å². The maximum atomic E-state index is 12.6. The number of piperidine rings is 1. The first-order valence-electron chi connectivity index (χ1n) is 8.62. The monoisotopic (exact) mass is 329 g/mol. The number of likely N-dealkylation sites (N-methyl/N-ethyl adjacent to an activating group) is 1. The van der Waals surface area contributed by atoms with Crippen molar-refractivity contribution in [2.45, 2.75) is 62.8 Å². The van der Waals surface area contributed by atoms with Gasteiger partial charge < -0.3 is 15.1 Å². The van der Waals surface area contributed by atoms with Crippen molar-refractivity contribution in [2.24, 2.45) is 0 Å². The number of likely N-dealkylation sites (tertiary alicyclic amines) is 1. The van der Waals surface area contributed by atoms with E-state index in [9.17, 15) is 9.00 Å². The van der Waals surface area contributed by atoms with Crippen molar-refractivity contribution in [3.8, 4) is 0 Å². The van der Waals surface area contributed by atoms with Gasteiger partial charge in [-0.15, -0.1) is 0 Å². The molecule has 1 aliphatic heterocycles. The third kappa shape index (κ3) is 4.44. The Morgan fingerprint density at radius 2 is 1.95 bits per heavy atom. The number of hydrogen-bond acceptors (Lipinski definition) is 3. The van der Waals surface area contributed by atoms with Gasteiger partial charge in [0.15, 0.2) is 0 Å². The van der Waals surface area contributed by atoms with Crippen LogP contribution in [0.15, 0.2) is 0 Å². The third-order valence-corrected chi connectivity index (χ3v) is 6.86. The molecule has 0 spiro atoms. The Bertz CT molecular complexity index is 403. The Balaban J connectivity index is 1.93. The van der Waals surface area contributed by atoms with Gasteiger partial charge in [-0.1, -0.05) is 19.8 Å². The minimum Gasteiger partial charge on any atom is -0.334 e. The summed E-state index contributed by atoms with van der Waals surface area (Å²) in [5, 5.41) is 3.33. The van der Waals surface area contributed by atoms with E-state index in [0.29, 0.717) is 11.8 Å². The maximum Gasteiger partial charge on any atom is 0.317 e. The zero-order valence-electron chi connectivity index (χ0n) is 14.2. The van der Waals surface area contributed by atoms with Crippen molar-refractivity contribution >= 4 is 16.8 Å². The Morgan fingerprint density at radius 1 is 1.23 bits per heavy atom. The minimum atomic E-state index is -0.821. The van der Waals surface area contributed by atoms with Crippen LogP contribution in [0.3, 0.4) is 0 Å². The number of hydrogen-bond donors (Lipinski definition) is 1. The molecule has 128 valence electrons. The molecule has 4 atom stereocenters. The lowest BCUT2D eigenvalue weighted by atomic mass is 9.95. The van der Waals surface area contributed by atoms with Crippen LogP contribution in [0.4, 0.5) is 4.79 Å². The first kappa shape index (κ1) is 17.7. The molecule has 2 amide bonds. The highest BCUT2D eigenvalue weighted by Gasteiger charge is 2.32. The molecule has 0 aromatic heterocycles. The van der Waals surface area contributed by atoms with Gasteiger partial charge >= 0.3 is 6.03 Å². The number of carbonyl (C=O) groups excluding carboxylic acids is 1. The average Bonchev–Trinajstić information content (AvgIpc) is 2.54. The van der Waals surface area contributed by atoms with Crippen molar-refractivity contribution in [3.63, 3.8) is 0 Å². The van der Waals surface area contributed by atoms with Gasteiger partial charge in [0.1, 0.15) is 0 Å². The van der Waals surface area contributed by atoms with Crippen molar-refractivity contribution in [2.75, 3.05) is 32.9 Å². The van der Waals surface area contributed by atoms with Crippen LogP contribution < -0.4 is 5.32 Å². The summed E-state index contributed by atoms with van der Waals surface area (Å²) >= 11 is 0. The van der Waals surface area contributed by atoms with Crippen LogP contribution in [0, 0.1) is 0 Å². The predicted molar refractivity (Wildman–Crippen MR) is 91.5 cm³/mol. The number of amides is 2. The highest BCUT2D eigenvalue weighted by molar-refractivity contribution is 7.85. The molecule has 0 aromatic carbocycles. The summed E-state index contributed by atoms with van der Waals surface area (Å²) in [5.74, 6) is 0.684. The van der Waals surface area contributed by atoms with Crippen molar-refractivity contribution < 1.29 is 9.00 Å². The molecule has 1 saturated heterocycles. The minimum absolute atomic E-state index is 0.0385. The molecule has 1 aliphatic carbocycles. The van der Waals surface area contributed by atoms with E-state index in [4.69, 9.17) is 0 Å². The normalized spacial score (nSPS) is 31.1. The van der Waals surface area contributed by atoms with Gasteiger partial charge in [-0.05, 0) is 39.8 Å². The second-order valence-corrected chi connectivity index (χ2v) is 8.70. The van der Waals surface area contributed by atoms with E-state index >= 15 is 0 Å². The van der Waals surface area contributed by atoms with Crippen molar-refractivity contribution in [1.82, 2.24) is 15.1 Å². The average molecular weight is 330 g/mol. The number of carbonyl (C=O) groups is 1. The van der Waals surface area contributed by atoms with E-state index in [1.165, 1.54) is 0 Å². The summed E-state index contributed by atoms with van der Waals surface area (Å²) in [6, 6.07) is 0.574. The summed E-state index contributed by atoms with van der Waals surface area (Å²) in [7, 11) is 3.33. The smallest absolute Gasteiger partial charge is 0.317 e. The van der Waals surface area contributed by atoms with Crippen LogP contribution in [-0.4, -0.2) is 70.3 Å². The van der Waals surface area contributed by atoms with Crippen LogP contribution in [-0.2, 0) is 10.8 Å². The van der Waals surface area contributed by atoms with E-state index < -0.39 is 10.8 Å². The predicted octanol–water partition coefficient (Wildman–Crippen LogP) is 1.80. The van der Waals surface area contributed by atoms with E-state index in [1.807, 2.05) is 11.8 Å². The largest absolute Gasteiger partial charge is 0.334 e. The molecule has 4 unspecified atom stereocenters. The standard InChI is InChI=1S/C16H31N3O2S/c1-4-22(21)15-10-6-5-9-14(15)17-16(20)19-11-7-8-13(12-19)18(2)3/h13-15H,4-12H2,1-3H3,(H,17,20). The quantitative estimate of drug-likeness (QED) is 0.856. The molecule has 1 N–H and O–H groups in total. The molecule has 2 rings (SSSR count). The third-order valence-electron chi connectivity index (χ3n) is 5.05. The molecular weight excluding hydrogens is 298 g/mol. The zero-order chi connectivity index (χ0) is 16.1. The van der Waals surface area contributed by atoms with E-state index in [0.717, 1.165) is 51.6 Å². The number of urea groups is 1. The number of nitrogens with zero attached hydrogens (tertiary/aromatic N) is 2. The molecule has 0 aromatic rings. The molecule has 22 heavy (non-hydrogen) atoms. The molecule has 2 aliphatic rings. The van der Waals surface area contributed by atoms with Gasteiger partial charge in [-0.25, -0.2) is 4.79 Å². The summed E-state index contributed by atoms with van der Waals surface area (Å²) < 4.78 is 12.2. The van der Waals surface area contributed by atoms with Gasteiger partial charge in [0, 0.05) is 41.7 Å². The maximum absolute atomic E-state index is 12.6. The lowest BCUT2D eigenvalue weighted by Crippen LogP contribution is -2.55. The lowest BCUT2D eigenvalue weighted by molar-refractivity contribution is 0.136. The fourth-order valence-electron chi connectivity index (χ4n) is 3.60. The van der Waals surface area contributed by atoms with Crippen LogP contribution in [0.25, 0.3) is 0 Å². The fourth-order valence-corrected chi connectivity index (χ4v) is 5.03. The molecule has 2 fully saturated rings. The van der Waals surface area contributed by atoms with Gasteiger partial charge in [-0.3, -0.25) is 4.21 Å². The van der Waals surface area contributed by atoms with Crippen LogP contribution in [0.2, 0.25) is 0 Å². The summed E-state index contributed by atoms with van der Waals surface area (Å²) in [5.41, 5.74) is 0. The van der Waals surface area contributed by atoms with E-state index in [1.54, 1.807) is 0 Å². The lowest BCUT2D eigenvalue weighted by Gasteiger charge is -2.38. The molecule has 6 heteroatoms. The van der Waals surface area contributed by atoms with Crippen LogP contribution >= 0.6 is 0 Å². The Hall–Kier alpha value is -0.620. The van der Waals surface area contributed by atoms with E-state index in [-0.39, 0.29) is 17.3 Å². The highest BCUT2D eigenvalue weighted by atomic mass is 32.2. The number of rotatable bonds is 4. The Morgan fingerprint density at radius 3 is 2.64 bits per heavy atom. The van der Waals surface area contributed by atoms with E-state index in [2.05, 4.69) is 24.3 Å². The molecule has 0 radical (unpaired) electrons. The Labute approximate surface area is 137 Å². The second kappa shape index (κ2) is 8.29. The molecule has 0 bridgehead atoms. The number of nitrogens with one attached hydrogen (secondary N) is 1. The molecule has 5 nitrogen and oxygen atoms in total. The van der Waals surface area contributed by atoms with Gasteiger partial charge in [-0.2, -0.15) is 0 Å². The van der Waals surface area contributed by atoms with Crippen molar-refractivity contribution in [3.05, 3.63) is 0 Å². The Kier molecular flexibility index (Phi) is 6.68. The second-order valence-electron chi connectivity index (χ2n) is 6.75. The summed E-state index contributed by atoms with van der Waals surface area (Å²) in [6.07, 6.45) is 6.42. The molecular formula is C16H31N3O2S. The van der Waals surface area contributed by atoms with Gasteiger partial charge in [0.2, 0.25) is 0 Å². The first-order chi connectivity index (χ1) is 10.5. The van der Waals surface area contributed by atoms with Crippen molar-refractivity contribution in [1.29, 1.82) is 0 Å². The van der Waals surface area contributed by atoms with Crippen LogP contribution in [0.1, 0.15) is 45.4 Å². The molecule has 1 saturated carbocycles. The highest BCUT2D eigenvalue weighted by Crippen LogP contribution is 2.24. The van der Waals surface area contributed by atoms with Gasteiger partial charge in [0.25, 0.3) is 0 Å². The summed E-state index contributed by atoms with van der Waals surface area (Å²) in [4.78, 5) is 16.7. The SMILES string of the molecule is CCS(=O)C1CCCCC1NC(=O)N1CCCC(N(C)C)C1. The molecule has 1 heterocycles.